The van der Waals surface area contributed by atoms with Crippen LogP contribution in [-0.2, 0) is 7.05 Å². The van der Waals surface area contributed by atoms with E-state index in [9.17, 15) is 0 Å². The minimum Gasteiger partial charge on any atom is -0.359 e. The Morgan fingerprint density at radius 2 is 2.05 bits per heavy atom. The average Bonchev–Trinajstić information content (AvgIpc) is 3.01. The van der Waals surface area contributed by atoms with Crippen LogP contribution in [0.1, 0.15) is 0 Å². The summed E-state index contributed by atoms with van der Waals surface area (Å²) in [6, 6.07) is 6.12. The van der Waals surface area contributed by atoms with Gasteiger partial charge < -0.3 is 9.55 Å². The zero-order chi connectivity index (χ0) is 12.8. The molecule has 0 unspecified atom stereocenters. The zero-order valence-electron chi connectivity index (χ0n) is 10.5. The van der Waals surface area contributed by atoms with E-state index in [2.05, 4.69) is 31.8 Å². The number of H-pyrrole nitrogens is 1. The lowest BCUT2D eigenvalue weighted by molar-refractivity contribution is 0.949. The molecule has 0 radical (unpaired) electrons. The first kappa shape index (κ1) is 10.3. The number of nitrogens with one attached hydrogen (secondary N) is 1. The molecule has 19 heavy (non-hydrogen) atoms. The lowest BCUT2D eigenvalue weighted by Gasteiger charge is -1.96. The summed E-state index contributed by atoms with van der Waals surface area (Å²) in [6.45, 7) is 0. The van der Waals surface area contributed by atoms with E-state index >= 15 is 0 Å². The number of aryl methyl sites for hydroxylation is 1. The molecule has 0 spiro atoms. The minimum absolute atomic E-state index is 1.00. The van der Waals surface area contributed by atoms with Gasteiger partial charge >= 0.3 is 0 Å². The number of pyridine rings is 2. The lowest BCUT2D eigenvalue weighted by Crippen LogP contribution is -1.85. The van der Waals surface area contributed by atoms with Gasteiger partial charge in [-0.1, -0.05) is 0 Å². The highest BCUT2D eigenvalue weighted by molar-refractivity contribution is 6.03. The van der Waals surface area contributed by atoms with Crippen LogP contribution < -0.4 is 0 Å². The molecule has 4 heterocycles. The van der Waals surface area contributed by atoms with Gasteiger partial charge in [0.2, 0.25) is 0 Å². The highest BCUT2D eigenvalue weighted by Gasteiger charge is 2.12. The van der Waals surface area contributed by atoms with E-state index in [-0.39, 0.29) is 0 Å². The monoisotopic (exact) mass is 248 g/mol. The van der Waals surface area contributed by atoms with Crippen LogP contribution in [0.2, 0.25) is 0 Å². The number of hydrogen-bond donors (Lipinski definition) is 1. The first-order valence-electron chi connectivity index (χ1n) is 6.16. The fourth-order valence-electron chi connectivity index (χ4n) is 2.62. The van der Waals surface area contributed by atoms with Crippen LogP contribution in [0.4, 0.5) is 0 Å². The van der Waals surface area contributed by atoms with E-state index in [1.165, 1.54) is 21.9 Å². The molecule has 4 rings (SSSR count). The standard InChI is InChI=1S/C15H12N4/c1-19-9-13(11-3-2-5-17-15(11)19)12-7-18-14-8-16-6-4-10(12)14/h2-9,18H,1H3. The first-order valence-corrected chi connectivity index (χ1v) is 6.16. The predicted molar refractivity (Wildman–Crippen MR) is 75.8 cm³/mol. The molecule has 0 amide bonds. The van der Waals surface area contributed by atoms with Crippen LogP contribution >= 0.6 is 0 Å². The predicted octanol–water partition coefficient (Wildman–Crippen LogP) is 3.12. The third-order valence-electron chi connectivity index (χ3n) is 3.51. The van der Waals surface area contributed by atoms with Gasteiger partial charge in [0, 0.05) is 53.7 Å². The van der Waals surface area contributed by atoms with Crippen LogP contribution in [0.25, 0.3) is 33.1 Å². The molecule has 92 valence electrons. The maximum atomic E-state index is 4.43. The summed E-state index contributed by atoms with van der Waals surface area (Å²) < 4.78 is 2.06. The Balaban J connectivity index is 2.10. The van der Waals surface area contributed by atoms with E-state index in [0.717, 1.165) is 11.2 Å². The Morgan fingerprint density at radius 1 is 1.11 bits per heavy atom. The van der Waals surface area contributed by atoms with Crippen LogP contribution in [0, 0.1) is 0 Å². The molecule has 4 aromatic rings. The first-order chi connectivity index (χ1) is 9.34. The maximum Gasteiger partial charge on any atom is 0.140 e. The molecule has 4 aromatic heterocycles. The second-order valence-corrected chi connectivity index (χ2v) is 4.65. The Morgan fingerprint density at radius 3 is 3.00 bits per heavy atom. The number of fused-ring (bicyclic) bond motifs is 2. The van der Waals surface area contributed by atoms with Crippen molar-refractivity contribution in [1.29, 1.82) is 0 Å². The van der Waals surface area contributed by atoms with Gasteiger partial charge in [-0.25, -0.2) is 4.98 Å². The summed E-state index contributed by atoms with van der Waals surface area (Å²) in [6.07, 6.45) is 9.66. The van der Waals surface area contributed by atoms with E-state index < -0.39 is 0 Å². The smallest absolute Gasteiger partial charge is 0.140 e. The second-order valence-electron chi connectivity index (χ2n) is 4.65. The average molecular weight is 248 g/mol. The largest absolute Gasteiger partial charge is 0.359 e. The third-order valence-corrected chi connectivity index (χ3v) is 3.51. The van der Waals surface area contributed by atoms with Gasteiger partial charge in [0.05, 0.1) is 11.7 Å². The zero-order valence-corrected chi connectivity index (χ0v) is 10.5. The molecular formula is C15H12N4. The van der Waals surface area contributed by atoms with Gasteiger partial charge in [0.25, 0.3) is 0 Å². The van der Waals surface area contributed by atoms with Crippen LogP contribution in [-0.4, -0.2) is 19.5 Å². The summed E-state index contributed by atoms with van der Waals surface area (Å²) in [7, 11) is 2.02. The fraction of sp³-hybridized carbons (Fsp3) is 0.0667. The topological polar surface area (TPSA) is 46.5 Å². The van der Waals surface area contributed by atoms with Crippen LogP contribution in [0.5, 0.6) is 0 Å². The van der Waals surface area contributed by atoms with Gasteiger partial charge in [0.15, 0.2) is 0 Å². The van der Waals surface area contributed by atoms with Crippen LogP contribution in [0.15, 0.2) is 49.2 Å². The van der Waals surface area contributed by atoms with Crippen molar-refractivity contribution in [2.75, 3.05) is 0 Å². The Hall–Kier alpha value is -2.62. The Labute approximate surface area is 109 Å². The summed E-state index contributed by atoms with van der Waals surface area (Å²) in [5, 5.41) is 2.36. The molecule has 0 saturated carbocycles. The van der Waals surface area contributed by atoms with Crippen molar-refractivity contribution < 1.29 is 0 Å². The van der Waals surface area contributed by atoms with Gasteiger partial charge in [-0.2, -0.15) is 0 Å². The molecule has 4 heteroatoms. The quantitative estimate of drug-likeness (QED) is 0.562. The SMILES string of the molecule is Cn1cc(-c2c[nH]c3cnccc23)c2cccnc21. The molecule has 0 aliphatic rings. The number of aromatic amines is 1. The number of aromatic nitrogens is 4. The van der Waals surface area contributed by atoms with Gasteiger partial charge in [0.1, 0.15) is 5.65 Å². The van der Waals surface area contributed by atoms with Gasteiger partial charge in [-0.3, -0.25) is 4.98 Å². The summed E-state index contributed by atoms with van der Waals surface area (Å²) >= 11 is 0. The molecule has 1 N–H and O–H groups in total. The normalized spacial score (nSPS) is 11.4. The third kappa shape index (κ3) is 1.40. The van der Waals surface area contributed by atoms with Crippen molar-refractivity contribution in [3.05, 3.63) is 49.2 Å². The summed E-state index contributed by atoms with van der Waals surface area (Å²) in [4.78, 5) is 11.8. The molecule has 0 saturated heterocycles. The van der Waals surface area contributed by atoms with Crippen molar-refractivity contribution >= 4 is 21.9 Å². The molecule has 0 fully saturated rings. The summed E-state index contributed by atoms with van der Waals surface area (Å²) in [5.74, 6) is 0. The Bertz CT molecular complexity index is 885. The number of nitrogens with zero attached hydrogens (tertiary/aromatic N) is 3. The highest BCUT2D eigenvalue weighted by atomic mass is 15.0. The minimum atomic E-state index is 1.00. The highest BCUT2D eigenvalue weighted by Crippen LogP contribution is 2.33. The molecule has 0 bridgehead atoms. The van der Waals surface area contributed by atoms with Crippen molar-refractivity contribution in [1.82, 2.24) is 19.5 Å². The number of rotatable bonds is 1. The molecular weight excluding hydrogens is 236 g/mol. The fourth-order valence-corrected chi connectivity index (χ4v) is 2.62. The van der Waals surface area contributed by atoms with Crippen molar-refractivity contribution in [2.24, 2.45) is 7.05 Å². The van der Waals surface area contributed by atoms with Crippen molar-refractivity contribution in [2.45, 2.75) is 0 Å². The molecule has 0 aromatic carbocycles. The van der Waals surface area contributed by atoms with Crippen molar-refractivity contribution in [3.63, 3.8) is 0 Å². The molecule has 0 aliphatic heterocycles. The van der Waals surface area contributed by atoms with E-state index in [4.69, 9.17) is 0 Å². The van der Waals surface area contributed by atoms with Gasteiger partial charge in [-0.15, -0.1) is 0 Å². The lowest BCUT2D eigenvalue weighted by atomic mass is 10.1. The van der Waals surface area contributed by atoms with Gasteiger partial charge in [-0.05, 0) is 18.2 Å². The summed E-state index contributed by atoms with van der Waals surface area (Å²) in [5.41, 5.74) is 4.44. The van der Waals surface area contributed by atoms with E-state index in [1.807, 2.05) is 44.0 Å². The Kier molecular flexibility index (Phi) is 2.00. The molecule has 4 nitrogen and oxygen atoms in total. The molecule has 0 aliphatic carbocycles. The molecule has 0 atom stereocenters. The number of hydrogen-bond acceptors (Lipinski definition) is 2. The van der Waals surface area contributed by atoms with Crippen molar-refractivity contribution in [3.8, 4) is 11.1 Å². The van der Waals surface area contributed by atoms with Crippen LogP contribution in [0.3, 0.4) is 0 Å². The van der Waals surface area contributed by atoms with E-state index in [1.54, 1.807) is 0 Å². The maximum absolute atomic E-state index is 4.43. The van der Waals surface area contributed by atoms with E-state index in [0.29, 0.717) is 0 Å². The second kappa shape index (κ2) is 3.68.